The lowest BCUT2D eigenvalue weighted by atomic mass is 10.1. The Hall–Kier alpha value is -0.800. The van der Waals surface area contributed by atoms with Crippen LogP contribution in [0.15, 0.2) is 18.2 Å². The Labute approximate surface area is 113 Å². The van der Waals surface area contributed by atoms with Gasteiger partial charge in [-0.3, -0.25) is 0 Å². The van der Waals surface area contributed by atoms with Crippen molar-refractivity contribution >= 4 is 17.3 Å². The molecule has 1 atom stereocenters. The van der Waals surface area contributed by atoms with Gasteiger partial charge in [0.2, 0.25) is 0 Å². The topological polar surface area (TPSA) is 12.5 Å². The van der Waals surface area contributed by atoms with Crippen molar-refractivity contribution in [3.63, 3.8) is 0 Å². The molecule has 4 heteroatoms. The highest BCUT2D eigenvalue weighted by Gasteiger charge is 2.19. The van der Waals surface area contributed by atoms with Crippen LogP contribution in [0.25, 0.3) is 0 Å². The van der Waals surface area contributed by atoms with E-state index in [1.165, 1.54) is 6.07 Å². The minimum Gasteiger partial charge on any atom is -0.376 e. The van der Waals surface area contributed by atoms with Crippen LogP contribution in [0.5, 0.6) is 0 Å². The number of alkyl halides is 1. The van der Waals surface area contributed by atoms with E-state index in [9.17, 15) is 4.39 Å². The van der Waals surface area contributed by atoms with Gasteiger partial charge in [-0.2, -0.15) is 0 Å². The molecule has 0 bridgehead atoms. The lowest BCUT2D eigenvalue weighted by molar-refractivity contribution is 0.115. The first-order chi connectivity index (χ1) is 8.72. The van der Waals surface area contributed by atoms with Crippen LogP contribution in [0.1, 0.15) is 25.3 Å². The van der Waals surface area contributed by atoms with E-state index in [0.717, 1.165) is 43.8 Å². The second-order valence-corrected chi connectivity index (χ2v) is 4.89. The molecule has 1 aromatic rings. The van der Waals surface area contributed by atoms with Crippen molar-refractivity contribution in [1.29, 1.82) is 0 Å². The lowest BCUT2D eigenvalue weighted by Crippen LogP contribution is -2.32. The van der Waals surface area contributed by atoms with Gasteiger partial charge in [0, 0.05) is 31.3 Å². The summed E-state index contributed by atoms with van der Waals surface area (Å²) < 4.78 is 19.1. The monoisotopic (exact) mass is 271 g/mol. The zero-order valence-electron chi connectivity index (χ0n) is 10.7. The van der Waals surface area contributed by atoms with Crippen LogP contribution >= 0.6 is 11.6 Å². The summed E-state index contributed by atoms with van der Waals surface area (Å²) in [7, 11) is 0. The summed E-state index contributed by atoms with van der Waals surface area (Å²) in [6.07, 6.45) is 2.49. The molecule has 1 unspecified atom stereocenters. The maximum Gasteiger partial charge on any atom is 0.125 e. The van der Waals surface area contributed by atoms with Crippen LogP contribution in [0.2, 0.25) is 0 Å². The number of benzene rings is 1. The molecule has 0 aliphatic carbocycles. The SMILES string of the molecule is CCN(CC1CCCO1)c1cc(F)cc(CCl)c1. The molecule has 1 aliphatic rings. The Bertz CT molecular complexity index is 393. The molecule has 0 spiro atoms. The molecule has 0 N–H and O–H groups in total. The fourth-order valence-electron chi connectivity index (χ4n) is 2.34. The summed E-state index contributed by atoms with van der Waals surface area (Å²) in [5, 5.41) is 0. The second-order valence-electron chi connectivity index (χ2n) is 4.62. The number of nitrogens with zero attached hydrogens (tertiary/aromatic N) is 1. The van der Waals surface area contributed by atoms with E-state index in [1.54, 1.807) is 6.07 Å². The van der Waals surface area contributed by atoms with Gasteiger partial charge >= 0.3 is 0 Å². The summed E-state index contributed by atoms with van der Waals surface area (Å²) in [6, 6.07) is 5.00. The molecular formula is C14H19ClFNO. The van der Waals surface area contributed by atoms with E-state index in [4.69, 9.17) is 16.3 Å². The number of rotatable bonds is 5. The van der Waals surface area contributed by atoms with Crippen LogP contribution in [-0.4, -0.2) is 25.8 Å². The highest BCUT2D eigenvalue weighted by Crippen LogP contribution is 2.22. The van der Waals surface area contributed by atoms with Crippen LogP contribution in [-0.2, 0) is 10.6 Å². The maximum absolute atomic E-state index is 13.5. The molecule has 1 aliphatic heterocycles. The zero-order valence-corrected chi connectivity index (χ0v) is 11.4. The van der Waals surface area contributed by atoms with Crippen molar-refractivity contribution in [3.8, 4) is 0 Å². The molecule has 1 heterocycles. The largest absolute Gasteiger partial charge is 0.376 e. The van der Waals surface area contributed by atoms with Gasteiger partial charge < -0.3 is 9.64 Å². The first-order valence-corrected chi connectivity index (χ1v) is 6.98. The fraction of sp³-hybridized carbons (Fsp3) is 0.571. The van der Waals surface area contributed by atoms with Gasteiger partial charge in [0.25, 0.3) is 0 Å². The molecule has 0 amide bonds. The predicted molar refractivity (Wildman–Crippen MR) is 72.8 cm³/mol. The standard InChI is InChI=1S/C14H19ClFNO/c1-2-17(10-14-4-3-5-18-14)13-7-11(9-15)6-12(16)8-13/h6-8,14H,2-5,9-10H2,1H3. The van der Waals surface area contributed by atoms with Gasteiger partial charge in [0.1, 0.15) is 5.82 Å². The molecule has 0 radical (unpaired) electrons. The maximum atomic E-state index is 13.5. The van der Waals surface area contributed by atoms with E-state index < -0.39 is 0 Å². The molecule has 18 heavy (non-hydrogen) atoms. The van der Waals surface area contributed by atoms with Crippen molar-refractivity contribution < 1.29 is 9.13 Å². The molecule has 1 saturated heterocycles. The van der Waals surface area contributed by atoms with E-state index in [0.29, 0.717) is 5.88 Å². The highest BCUT2D eigenvalue weighted by molar-refractivity contribution is 6.17. The summed E-state index contributed by atoms with van der Waals surface area (Å²) >= 11 is 5.78. The minimum absolute atomic E-state index is 0.228. The Morgan fingerprint density at radius 3 is 2.89 bits per heavy atom. The highest BCUT2D eigenvalue weighted by atomic mass is 35.5. The third-order valence-electron chi connectivity index (χ3n) is 3.29. The molecule has 0 saturated carbocycles. The van der Waals surface area contributed by atoms with Gasteiger partial charge in [-0.25, -0.2) is 4.39 Å². The lowest BCUT2D eigenvalue weighted by Gasteiger charge is -2.26. The summed E-state index contributed by atoms with van der Waals surface area (Å²) in [5.74, 6) is 0.108. The first-order valence-electron chi connectivity index (χ1n) is 6.45. The number of hydrogen-bond acceptors (Lipinski definition) is 2. The fourth-order valence-corrected chi connectivity index (χ4v) is 2.50. The molecule has 2 rings (SSSR count). The molecular weight excluding hydrogens is 253 g/mol. The van der Waals surface area contributed by atoms with Crippen LogP contribution < -0.4 is 4.90 Å². The van der Waals surface area contributed by atoms with E-state index >= 15 is 0 Å². The molecule has 2 nitrogen and oxygen atoms in total. The molecule has 1 fully saturated rings. The molecule has 0 aromatic heterocycles. The quantitative estimate of drug-likeness (QED) is 0.759. The predicted octanol–water partition coefficient (Wildman–Crippen LogP) is 3.57. The average Bonchev–Trinajstić information content (AvgIpc) is 2.88. The van der Waals surface area contributed by atoms with Gasteiger partial charge in [0.05, 0.1) is 6.10 Å². The Morgan fingerprint density at radius 2 is 2.28 bits per heavy atom. The van der Waals surface area contributed by atoms with Crippen LogP contribution in [0.3, 0.4) is 0 Å². The first kappa shape index (κ1) is 13.6. The normalized spacial score (nSPS) is 19.2. The van der Waals surface area contributed by atoms with E-state index in [2.05, 4.69) is 11.8 Å². The van der Waals surface area contributed by atoms with Crippen molar-refractivity contribution in [2.45, 2.75) is 31.7 Å². The number of ether oxygens (including phenoxy) is 1. The number of halogens is 2. The Balaban J connectivity index is 2.12. The van der Waals surface area contributed by atoms with Crippen molar-refractivity contribution in [1.82, 2.24) is 0 Å². The molecule has 100 valence electrons. The van der Waals surface area contributed by atoms with Crippen molar-refractivity contribution in [2.24, 2.45) is 0 Å². The Morgan fingerprint density at radius 1 is 1.44 bits per heavy atom. The summed E-state index contributed by atoms with van der Waals surface area (Å²) in [6.45, 7) is 4.57. The van der Waals surface area contributed by atoms with E-state index in [-0.39, 0.29) is 11.9 Å². The third-order valence-corrected chi connectivity index (χ3v) is 3.60. The Kier molecular flexibility index (Phi) is 4.84. The van der Waals surface area contributed by atoms with Crippen LogP contribution in [0.4, 0.5) is 10.1 Å². The second kappa shape index (κ2) is 6.39. The molecule has 1 aromatic carbocycles. The third kappa shape index (κ3) is 3.36. The van der Waals surface area contributed by atoms with Gasteiger partial charge in [-0.05, 0) is 43.5 Å². The van der Waals surface area contributed by atoms with Crippen LogP contribution in [0, 0.1) is 5.82 Å². The minimum atomic E-state index is -0.228. The zero-order chi connectivity index (χ0) is 13.0. The summed E-state index contributed by atoms with van der Waals surface area (Å²) in [4.78, 5) is 2.15. The number of hydrogen-bond donors (Lipinski definition) is 0. The van der Waals surface area contributed by atoms with Gasteiger partial charge in [-0.1, -0.05) is 0 Å². The van der Waals surface area contributed by atoms with Gasteiger partial charge in [0.15, 0.2) is 0 Å². The average molecular weight is 272 g/mol. The van der Waals surface area contributed by atoms with E-state index in [1.807, 2.05) is 6.07 Å². The van der Waals surface area contributed by atoms with Crippen molar-refractivity contribution in [3.05, 3.63) is 29.6 Å². The number of anilines is 1. The van der Waals surface area contributed by atoms with Crippen molar-refractivity contribution in [2.75, 3.05) is 24.6 Å². The summed E-state index contributed by atoms with van der Waals surface area (Å²) in [5.41, 5.74) is 1.71. The van der Waals surface area contributed by atoms with Gasteiger partial charge in [-0.15, -0.1) is 11.6 Å². The number of likely N-dealkylation sites (N-methyl/N-ethyl adjacent to an activating group) is 1. The smallest absolute Gasteiger partial charge is 0.125 e.